The van der Waals surface area contributed by atoms with E-state index in [-0.39, 0.29) is 10.8 Å². The van der Waals surface area contributed by atoms with E-state index in [0.29, 0.717) is 5.56 Å². The average Bonchev–Trinajstić information content (AvgIpc) is 2.44. The normalized spacial score (nSPS) is 11.3. The van der Waals surface area contributed by atoms with Gasteiger partial charge in [-0.25, -0.2) is 8.42 Å². The summed E-state index contributed by atoms with van der Waals surface area (Å²) in [6.07, 6.45) is 1.14. The number of aryl methyl sites for hydroxylation is 3. The summed E-state index contributed by atoms with van der Waals surface area (Å²) in [6, 6.07) is 10.5. The Morgan fingerprint density at radius 1 is 0.957 bits per heavy atom. The molecule has 0 atom stereocenters. The molecule has 0 saturated carbocycles. The molecule has 2 aromatic carbocycles. The van der Waals surface area contributed by atoms with Gasteiger partial charge in [-0.15, -0.1) is 0 Å². The number of sulfone groups is 1. The van der Waals surface area contributed by atoms with E-state index in [0.717, 1.165) is 28.6 Å². The highest BCUT2D eigenvalue weighted by Crippen LogP contribution is 2.22. The molecule has 0 unspecified atom stereocenters. The number of amides is 1. The van der Waals surface area contributed by atoms with Crippen LogP contribution in [0.1, 0.15) is 27.0 Å². The van der Waals surface area contributed by atoms with Crippen molar-refractivity contribution in [3.8, 4) is 0 Å². The van der Waals surface area contributed by atoms with Gasteiger partial charge in [0.05, 0.1) is 4.90 Å². The minimum absolute atomic E-state index is 0.153. The first-order chi connectivity index (χ1) is 10.6. The summed E-state index contributed by atoms with van der Waals surface area (Å²) in [4.78, 5) is 14.5. The first-order valence-corrected chi connectivity index (χ1v) is 9.16. The molecule has 0 fully saturated rings. The van der Waals surface area contributed by atoms with Crippen molar-refractivity contribution in [2.75, 3.05) is 18.2 Å². The average molecular weight is 331 g/mol. The first kappa shape index (κ1) is 17.2. The van der Waals surface area contributed by atoms with Crippen LogP contribution in [0.15, 0.2) is 41.3 Å². The second-order valence-corrected chi connectivity index (χ2v) is 7.97. The Bertz CT molecular complexity index is 850. The van der Waals surface area contributed by atoms with Crippen LogP contribution in [0.3, 0.4) is 0 Å². The molecule has 5 heteroatoms. The third-order valence-corrected chi connectivity index (χ3v) is 4.88. The minimum atomic E-state index is -3.35. The highest BCUT2D eigenvalue weighted by atomic mass is 32.2. The molecule has 0 aromatic heterocycles. The fourth-order valence-electron chi connectivity index (χ4n) is 2.50. The van der Waals surface area contributed by atoms with Gasteiger partial charge in [-0.1, -0.05) is 12.1 Å². The fourth-order valence-corrected chi connectivity index (χ4v) is 3.15. The molecule has 0 aliphatic rings. The Morgan fingerprint density at radius 2 is 1.52 bits per heavy atom. The van der Waals surface area contributed by atoms with Gasteiger partial charge in [-0.2, -0.15) is 0 Å². The fraction of sp³-hybridized carbons (Fsp3) is 0.278. The van der Waals surface area contributed by atoms with Crippen LogP contribution in [-0.4, -0.2) is 27.6 Å². The number of rotatable bonds is 3. The van der Waals surface area contributed by atoms with E-state index in [1.807, 2.05) is 32.0 Å². The molecule has 0 N–H and O–H groups in total. The molecule has 23 heavy (non-hydrogen) atoms. The second kappa shape index (κ2) is 6.16. The van der Waals surface area contributed by atoms with Crippen molar-refractivity contribution in [2.45, 2.75) is 25.7 Å². The molecule has 1 amide bonds. The van der Waals surface area contributed by atoms with Crippen LogP contribution < -0.4 is 4.90 Å². The Hall–Kier alpha value is -2.14. The molecule has 0 heterocycles. The first-order valence-electron chi connectivity index (χ1n) is 7.26. The number of carbonyl (C=O) groups excluding carboxylic acids is 1. The van der Waals surface area contributed by atoms with Crippen molar-refractivity contribution in [1.82, 2.24) is 0 Å². The lowest BCUT2D eigenvalue weighted by molar-refractivity contribution is 0.0992. The van der Waals surface area contributed by atoms with Crippen molar-refractivity contribution < 1.29 is 13.2 Å². The lowest BCUT2D eigenvalue weighted by Crippen LogP contribution is -2.27. The molecule has 0 bridgehead atoms. The van der Waals surface area contributed by atoms with Crippen LogP contribution >= 0.6 is 0 Å². The van der Waals surface area contributed by atoms with E-state index >= 15 is 0 Å². The van der Waals surface area contributed by atoms with Gasteiger partial charge >= 0.3 is 0 Å². The lowest BCUT2D eigenvalue weighted by Gasteiger charge is -2.20. The van der Waals surface area contributed by atoms with Gasteiger partial charge in [-0.05, 0) is 61.7 Å². The molecular weight excluding hydrogens is 310 g/mol. The van der Waals surface area contributed by atoms with Gasteiger partial charge in [0.1, 0.15) is 0 Å². The molecule has 4 nitrogen and oxygen atoms in total. The Morgan fingerprint density at radius 3 is 2.04 bits per heavy atom. The van der Waals surface area contributed by atoms with Crippen molar-refractivity contribution >= 4 is 21.4 Å². The third kappa shape index (κ3) is 3.79. The predicted octanol–water partition coefficient (Wildman–Crippen LogP) is 3.29. The summed E-state index contributed by atoms with van der Waals surface area (Å²) in [5.74, 6) is -0.224. The largest absolute Gasteiger partial charge is 0.311 e. The molecule has 0 spiro atoms. The summed E-state index contributed by atoms with van der Waals surface area (Å²) >= 11 is 0. The molecule has 0 saturated heterocycles. The third-order valence-electron chi connectivity index (χ3n) is 3.77. The van der Waals surface area contributed by atoms with Crippen LogP contribution in [0.25, 0.3) is 0 Å². The van der Waals surface area contributed by atoms with Crippen LogP contribution in [0.2, 0.25) is 0 Å². The summed E-state index contributed by atoms with van der Waals surface area (Å²) in [5.41, 5.74) is 4.08. The second-order valence-electron chi connectivity index (χ2n) is 5.96. The highest BCUT2D eigenvalue weighted by molar-refractivity contribution is 7.90. The molecule has 0 aliphatic heterocycles. The van der Waals surface area contributed by atoms with Crippen LogP contribution in [0.5, 0.6) is 0 Å². The predicted molar refractivity (Wildman–Crippen MR) is 92.9 cm³/mol. The quantitative estimate of drug-likeness (QED) is 0.867. The number of benzene rings is 2. The topological polar surface area (TPSA) is 54.5 Å². The van der Waals surface area contributed by atoms with E-state index in [4.69, 9.17) is 0 Å². The van der Waals surface area contributed by atoms with Crippen LogP contribution in [0.4, 0.5) is 5.69 Å². The van der Waals surface area contributed by atoms with Crippen LogP contribution in [0, 0.1) is 20.8 Å². The molecule has 2 rings (SSSR count). The zero-order chi connectivity index (χ0) is 17.4. The summed E-state index contributed by atoms with van der Waals surface area (Å²) < 4.78 is 23.4. The van der Waals surface area contributed by atoms with Crippen molar-refractivity contribution in [2.24, 2.45) is 0 Å². The number of anilines is 1. The number of hydrogen-bond donors (Lipinski definition) is 0. The summed E-state index contributed by atoms with van der Waals surface area (Å²) in [5, 5.41) is 0. The van der Waals surface area contributed by atoms with Gasteiger partial charge in [0, 0.05) is 24.6 Å². The van der Waals surface area contributed by atoms with E-state index in [1.54, 1.807) is 24.9 Å². The van der Waals surface area contributed by atoms with Gasteiger partial charge in [-0.3, -0.25) is 4.79 Å². The maximum Gasteiger partial charge on any atom is 0.258 e. The van der Waals surface area contributed by atoms with E-state index in [2.05, 4.69) is 0 Å². The molecule has 0 radical (unpaired) electrons. The summed E-state index contributed by atoms with van der Waals surface area (Å²) in [7, 11) is -1.65. The minimum Gasteiger partial charge on any atom is -0.311 e. The van der Waals surface area contributed by atoms with Crippen molar-refractivity contribution in [3.05, 3.63) is 58.7 Å². The maximum atomic E-state index is 12.8. The van der Waals surface area contributed by atoms with E-state index in [9.17, 15) is 13.2 Å². The zero-order valence-corrected chi connectivity index (χ0v) is 14.9. The van der Waals surface area contributed by atoms with E-state index < -0.39 is 9.84 Å². The van der Waals surface area contributed by atoms with Crippen molar-refractivity contribution in [3.63, 3.8) is 0 Å². The highest BCUT2D eigenvalue weighted by Gasteiger charge is 2.19. The molecule has 0 aliphatic carbocycles. The van der Waals surface area contributed by atoms with Crippen LogP contribution in [-0.2, 0) is 9.84 Å². The van der Waals surface area contributed by atoms with Gasteiger partial charge in [0.2, 0.25) is 0 Å². The Labute approximate surface area is 137 Å². The number of hydrogen-bond acceptors (Lipinski definition) is 3. The van der Waals surface area contributed by atoms with Gasteiger partial charge in [0.15, 0.2) is 9.84 Å². The Balaban J connectivity index is 2.47. The molecular formula is C18H21NO3S. The molecule has 122 valence electrons. The van der Waals surface area contributed by atoms with Crippen molar-refractivity contribution in [1.29, 1.82) is 0 Å². The van der Waals surface area contributed by atoms with E-state index in [1.165, 1.54) is 12.1 Å². The smallest absolute Gasteiger partial charge is 0.258 e. The van der Waals surface area contributed by atoms with Gasteiger partial charge < -0.3 is 4.90 Å². The SMILES string of the molecule is Cc1cc(C)cc(N(C)C(=O)c2cc(S(C)(=O)=O)ccc2C)c1. The standard InChI is InChI=1S/C18H21NO3S/c1-12-8-13(2)10-15(9-12)19(4)18(20)17-11-16(23(5,21)22)7-6-14(17)3/h6-11H,1-5H3. The number of carbonyl (C=O) groups is 1. The number of nitrogens with zero attached hydrogens (tertiary/aromatic N) is 1. The molecule has 2 aromatic rings. The zero-order valence-electron chi connectivity index (χ0n) is 14.0. The summed E-state index contributed by atoms with van der Waals surface area (Å²) in [6.45, 7) is 5.75. The monoisotopic (exact) mass is 331 g/mol. The lowest BCUT2D eigenvalue weighted by atomic mass is 10.1. The Kier molecular flexibility index (Phi) is 4.61. The van der Waals surface area contributed by atoms with Gasteiger partial charge in [0.25, 0.3) is 5.91 Å². The maximum absolute atomic E-state index is 12.8.